The van der Waals surface area contributed by atoms with Crippen LogP contribution in [0.5, 0.6) is 0 Å². The summed E-state index contributed by atoms with van der Waals surface area (Å²) in [6.45, 7) is 8.32. The van der Waals surface area contributed by atoms with Crippen LogP contribution >= 0.6 is 0 Å². The molecule has 0 aliphatic rings. The number of unbranched alkanes of at least 4 members (excludes halogenated alkanes) is 3. The van der Waals surface area contributed by atoms with Crippen LogP contribution in [0.3, 0.4) is 0 Å². The molecule has 100 valence electrons. The van der Waals surface area contributed by atoms with Gasteiger partial charge in [-0.05, 0) is 56.6 Å². The van der Waals surface area contributed by atoms with Crippen LogP contribution in [0, 0.1) is 0 Å². The van der Waals surface area contributed by atoms with Gasteiger partial charge in [-0.1, -0.05) is 49.6 Å². The molecule has 0 radical (unpaired) electrons. The Morgan fingerprint density at radius 3 is 1.83 bits per heavy atom. The lowest BCUT2D eigenvalue weighted by molar-refractivity contribution is 0.715. The second kappa shape index (κ2) is 8.97. The molecule has 0 atom stereocenters. The standard InChI is InChI=1S/C18H28/c1-4-5-6-10-17-12-14-18(15-13-17)11-8-7-9-16(2)3/h12-15H,2,4-11H2,1,3H3. The summed E-state index contributed by atoms with van der Waals surface area (Å²) in [5, 5.41) is 0. The van der Waals surface area contributed by atoms with Gasteiger partial charge in [0.15, 0.2) is 0 Å². The molecule has 0 amide bonds. The summed E-state index contributed by atoms with van der Waals surface area (Å²) in [5.41, 5.74) is 4.28. The lowest BCUT2D eigenvalue weighted by Crippen LogP contribution is -1.89. The van der Waals surface area contributed by atoms with Gasteiger partial charge < -0.3 is 0 Å². The summed E-state index contributed by atoms with van der Waals surface area (Å²) in [5.74, 6) is 0. The van der Waals surface area contributed by atoms with Crippen LogP contribution in [-0.2, 0) is 12.8 Å². The quantitative estimate of drug-likeness (QED) is 0.385. The second-order valence-electron chi connectivity index (χ2n) is 5.44. The first-order valence-corrected chi connectivity index (χ1v) is 7.44. The lowest BCUT2D eigenvalue weighted by Gasteiger charge is -2.04. The van der Waals surface area contributed by atoms with E-state index in [4.69, 9.17) is 0 Å². The minimum Gasteiger partial charge on any atom is -0.100 e. The number of benzene rings is 1. The van der Waals surface area contributed by atoms with Gasteiger partial charge in [0.25, 0.3) is 0 Å². The predicted molar refractivity (Wildman–Crippen MR) is 82.0 cm³/mol. The Hall–Kier alpha value is -1.04. The smallest absolute Gasteiger partial charge is 0.0279 e. The van der Waals surface area contributed by atoms with Gasteiger partial charge in [-0.3, -0.25) is 0 Å². The van der Waals surface area contributed by atoms with E-state index in [-0.39, 0.29) is 0 Å². The third-order valence-electron chi connectivity index (χ3n) is 3.41. The summed E-state index contributed by atoms with van der Waals surface area (Å²) >= 11 is 0. The zero-order chi connectivity index (χ0) is 13.2. The molecule has 0 nitrogen and oxygen atoms in total. The molecule has 0 aliphatic carbocycles. The normalized spacial score (nSPS) is 10.6. The van der Waals surface area contributed by atoms with Crippen molar-refractivity contribution in [3.63, 3.8) is 0 Å². The van der Waals surface area contributed by atoms with E-state index in [9.17, 15) is 0 Å². The Kier molecular flexibility index (Phi) is 7.48. The van der Waals surface area contributed by atoms with E-state index in [1.165, 1.54) is 68.1 Å². The highest BCUT2D eigenvalue weighted by Gasteiger charge is 1.96. The minimum absolute atomic E-state index is 1.18. The zero-order valence-corrected chi connectivity index (χ0v) is 12.2. The first kappa shape index (κ1) is 15.0. The molecule has 1 aromatic rings. The van der Waals surface area contributed by atoms with E-state index in [0.717, 1.165) is 0 Å². The van der Waals surface area contributed by atoms with Gasteiger partial charge in [0, 0.05) is 0 Å². The zero-order valence-electron chi connectivity index (χ0n) is 12.2. The van der Waals surface area contributed by atoms with Gasteiger partial charge >= 0.3 is 0 Å². The molecule has 0 heterocycles. The Morgan fingerprint density at radius 1 is 0.889 bits per heavy atom. The molecule has 0 unspecified atom stereocenters. The van der Waals surface area contributed by atoms with E-state index in [0.29, 0.717) is 0 Å². The first-order valence-electron chi connectivity index (χ1n) is 7.44. The fraction of sp³-hybridized carbons (Fsp3) is 0.556. The van der Waals surface area contributed by atoms with E-state index in [1.54, 1.807) is 0 Å². The Labute approximate surface area is 113 Å². The molecule has 1 rings (SSSR count). The molecule has 0 aromatic heterocycles. The summed E-state index contributed by atoms with van der Waals surface area (Å²) in [6, 6.07) is 9.23. The van der Waals surface area contributed by atoms with Crippen LogP contribution in [0.25, 0.3) is 0 Å². The van der Waals surface area contributed by atoms with Crippen LogP contribution in [0.4, 0.5) is 0 Å². The van der Waals surface area contributed by atoms with Crippen molar-refractivity contribution >= 4 is 0 Å². The third kappa shape index (κ3) is 6.64. The van der Waals surface area contributed by atoms with Crippen LogP contribution in [0.15, 0.2) is 36.4 Å². The molecular weight excluding hydrogens is 216 g/mol. The maximum atomic E-state index is 3.95. The highest BCUT2D eigenvalue weighted by molar-refractivity contribution is 5.22. The van der Waals surface area contributed by atoms with Crippen molar-refractivity contribution in [2.45, 2.75) is 65.2 Å². The van der Waals surface area contributed by atoms with Gasteiger partial charge in [-0.2, -0.15) is 0 Å². The third-order valence-corrected chi connectivity index (χ3v) is 3.41. The molecule has 0 N–H and O–H groups in total. The predicted octanol–water partition coefficient (Wildman–Crippen LogP) is 5.71. The van der Waals surface area contributed by atoms with Crippen molar-refractivity contribution in [1.29, 1.82) is 0 Å². The summed E-state index contributed by atoms with van der Waals surface area (Å²) < 4.78 is 0. The maximum Gasteiger partial charge on any atom is -0.0279 e. The van der Waals surface area contributed by atoms with E-state index in [1.807, 2.05) is 0 Å². The van der Waals surface area contributed by atoms with Gasteiger partial charge in [0.05, 0.1) is 0 Å². The summed E-state index contributed by atoms with van der Waals surface area (Å²) in [6.07, 6.45) is 10.2. The van der Waals surface area contributed by atoms with Crippen LogP contribution in [-0.4, -0.2) is 0 Å². The topological polar surface area (TPSA) is 0 Å². The highest BCUT2D eigenvalue weighted by atomic mass is 14.0. The highest BCUT2D eigenvalue weighted by Crippen LogP contribution is 2.12. The van der Waals surface area contributed by atoms with Gasteiger partial charge in [0.2, 0.25) is 0 Å². The van der Waals surface area contributed by atoms with Crippen molar-refractivity contribution in [2.75, 3.05) is 0 Å². The molecule has 0 aliphatic heterocycles. The van der Waals surface area contributed by atoms with Crippen molar-refractivity contribution in [3.05, 3.63) is 47.5 Å². The fourth-order valence-corrected chi connectivity index (χ4v) is 2.21. The van der Waals surface area contributed by atoms with Crippen LogP contribution < -0.4 is 0 Å². The first-order chi connectivity index (χ1) is 8.72. The molecule has 0 fully saturated rings. The minimum atomic E-state index is 1.18. The van der Waals surface area contributed by atoms with Gasteiger partial charge in [0.1, 0.15) is 0 Å². The average molecular weight is 244 g/mol. The molecule has 1 aromatic carbocycles. The number of hydrogen-bond donors (Lipinski definition) is 0. The Balaban J connectivity index is 2.25. The van der Waals surface area contributed by atoms with Crippen molar-refractivity contribution in [1.82, 2.24) is 0 Å². The molecule has 0 heteroatoms. The molecule has 0 spiro atoms. The Morgan fingerprint density at radius 2 is 1.39 bits per heavy atom. The molecule has 0 bridgehead atoms. The maximum absolute atomic E-state index is 3.95. The number of aryl methyl sites for hydroxylation is 2. The lowest BCUT2D eigenvalue weighted by atomic mass is 10.0. The van der Waals surface area contributed by atoms with Crippen LogP contribution in [0.2, 0.25) is 0 Å². The molecular formula is C18H28. The number of hydrogen-bond acceptors (Lipinski definition) is 0. The fourth-order valence-electron chi connectivity index (χ4n) is 2.21. The Bertz CT molecular complexity index is 332. The van der Waals surface area contributed by atoms with Gasteiger partial charge in [-0.15, -0.1) is 6.58 Å². The van der Waals surface area contributed by atoms with E-state index >= 15 is 0 Å². The number of allylic oxidation sites excluding steroid dienone is 1. The van der Waals surface area contributed by atoms with Gasteiger partial charge in [-0.25, -0.2) is 0 Å². The average Bonchev–Trinajstić information content (AvgIpc) is 2.36. The van der Waals surface area contributed by atoms with E-state index in [2.05, 4.69) is 44.7 Å². The second-order valence-corrected chi connectivity index (χ2v) is 5.44. The SMILES string of the molecule is C=C(C)CCCCc1ccc(CCCCC)cc1. The van der Waals surface area contributed by atoms with Crippen molar-refractivity contribution < 1.29 is 0 Å². The summed E-state index contributed by atoms with van der Waals surface area (Å²) in [7, 11) is 0. The van der Waals surface area contributed by atoms with E-state index < -0.39 is 0 Å². The summed E-state index contributed by atoms with van der Waals surface area (Å²) in [4.78, 5) is 0. The van der Waals surface area contributed by atoms with Crippen molar-refractivity contribution in [2.24, 2.45) is 0 Å². The van der Waals surface area contributed by atoms with Crippen molar-refractivity contribution in [3.8, 4) is 0 Å². The largest absolute Gasteiger partial charge is 0.100 e. The van der Waals surface area contributed by atoms with Crippen LogP contribution in [0.1, 0.15) is 63.5 Å². The monoisotopic (exact) mass is 244 g/mol. The molecule has 0 saturated heterocycles. The number of rotatable bonds is 9. The molecule has 18 heavy (non-hydrogen) atoms. The molecule has 0 saturated carbocycles.